The molecule has 0 aliphatic rings. The number of hydrogen-bond donors (Lipinski definition) is 1. The summed E-state index contributed by atoms with van der Waals surface area (Å²) in [4.78, 5) is 12.6. The minimum Gasteiger partial charge on any atom is -0.494 e. The van der Waals surface area contributed by atoms with Gasteiger partial charge < -0.3 is 14.8 Å². The highest BCUT2D eigenvalue weighted by Gasteiger charge is 2.13. The van der Waals surface area contributed by atoms with Crippen molar-refractivity contribution >= 4 is 11.6 Å². The Balaban J connectivity index is 2.25. The molecule has 4 nitrogen and oxygen atoms in total. The van der Waals surface area contributed by atoms with Crippen molar-refractivity contribution in [3.05, 3.63) is 58.7 Å². The number of carbonyl (C=O) groups is 1. The third-order valence-electron chi connectivity index (χ3n) is 3.80. The first-order valence-corrected chi connectivity index (χ1v) is 8.27. The molecule has 128 valence electrons. The van der Waals surface area contributed by atoms with E-state index in [1.165, 1.54) is 0 Å². The highest BCUT2D eigenvalue weighted by Crippen LogP contribution is 2.24. The molecular weight excluding hydrogens is 302 g/mol. The van der Waals surface area contributed by atoms with Crippen molar-refractivity contribution in [3.63, 3.8) is 0 Å². The molecule has 0 aliphatic carbocycles. The average molecular weight is 327 g/mol. The van der Waals surface area contributed by atoms with Gasteiger partial charge in [-0.05, 0) is 57.0 Å². The fourth-order valence-corrected chi connectivity index (χ4v) is 2.54. The third kappa shape index (κ3) is 4.36. The molecule has 0 atom stereocenters. The van der Waals surface area contributed by atoms with E-state index in [1.807, 2.05) is 58.0 Å². The zero-order valence-electron chi connectivity index (χ0n) is 14.8. The topological polar surface area (TPSA) is 47.6 Å². The molecule has 1 N–H and O–H groups in total. The molecule has 24 heavy (non-hydrogen) atoms. The Morgan fingerprint density at radius 3 is 2.38 bits per heavy atom. The zero-order chi connectivity index (χ0) is 17.5. The molecule has 2 aromatic carbocycles. The van der Waals surface area contributed by atoms with Crippen LogP contribution < -0.4 is 10.1 Å². The van der Waals surface area contributed by atoms with Crippen molar-refractivity contribution in [1.29, 1.82) is 0 Å². The Hall–Kier alpha value is -2.33. The van der Waals surface area contributed by atoms with E-state index in [4.69, 9.17) is 9.47 Å². The van der Waals surface area contributed by atoms with Crippen LogP contribution >= 0.6 is 0 Å². The zero-order valence-corrected chi connectivity index (χ0v) is 14.8. The second-order valence-electron chi connectivity index (χ2n) is 5.61. The number of benzene rings is 2. The Bertz CT molecular complexity index is 690. The molecule has 0 saturated carbocycles. The summed E-state index contributed by atoms with van der Waals surface area (Å²) in [6, 6.07) is 11.4. The lowest BCUT2D eigenvalue weighted by Gasteiger charge is -2.14. The predicted molar refractivity (Wildman–Crippen MR) is 96.8 cm³/mol. The van der Waals surface area contributed by atoms with Crippen LogP contribution in [0.1, 0.15) is 40.9 Å². The second-order valence-corrected chi connectivity index (χ2v) is 5.61. The molecule has 0 saturated heterocycles. The minimum atomic E-state index is -0.131. The van der Waals surface area contributed by atoms with Gasteiger partial charge in [-0.2, -0.15) is 0 Å². The van der Waals surface area contributed by atoms with Crippen LogP contribution in [0.15, 0.2) is 36.4 Å². The molecule has 0 bridgehead atoms. The van der Waals surface area contributed by atoms with Crippen LogP contribution in [0, 0.1) is 13.8 Å². The van der Waals surface area contributed by atoms with Gasteiger partial charge in [-0.1, -0.05) is 18.2 Å². The van der Waals surface area contributed by atoms with E-state index in [9.17, 15) is 4.79 Å². The maximum absolute atomic E-state index is 12.6. The molecule has 0 aromatic heterocycles. The summed E-state index contributed by atoms with van der Waals surface area (Å²) in [5.41, 5.74) is 4.43. The van der Waals surface area contributed by atoms with Crippen LogP contribution in [0.5, 0.6) is 5.75 Å². The number of hydrogen-bond acceptors (Lipinski definition) is 3. The minimum absolute atomic E-state index is 0.131. The van der Waals surface area contributed by atoms with E-state index in [2.05, 4.69) is 5.32 Å². The maximum Gasteiger partial charge on any atom is 0.255 e. The highest BCUT2D eigenvalue weighted by molar-refractivity contribution is 6.05. The Kier molecular flexibility index (Phi) is 6.38. The number of carbonyl (C=O) groups excluding carboxylic acids is 1. The van der Waals surface area contributed by atoms with Gasteiger partial charge in [-0.25, -0.2) is 0 Å². The molecule has 1 amide bonds. The lowest BCUT2D eigenvalue weighted by Crippen LogP contribution is -2.14. The van der Waals surface area contributed by atoms with E-state index < -0.39 is 0 Å². The van der Waals surface area contributed by atoms with E-state index in [0.717, 1.165) is 28.1 Å². The van der Waals surface area contributed by atoms with Gasteiger partial charge in [-0.15, -0.1) is 0 Å². The monoisotopic (exact) mass is 327 g/mol. The summed E-state index contributed by atoms with van der Waals surface area (Å²) in [7, 11) is 0. The number of ether oxygens (including phenoxy) is 2. The molecule has 4 heteroatoms. The molecule has 2 rings (SSSR count). The summed E-state index contributed by atoms with van der Waals surface area (Å²) in [5, 5.41) is 3.01. The van der Waals surface area contributed by atoms with E-state index in [1.54, 1.807) is 6.07 Å². The molecule has 0 fully saturated rings. The largest absolute Gasteiger partial charge is 0.494 e. The normalized spacial score (nSPS) is 10.5. The Labute approximate surface area is 143 Å². The van der Waals surface area contributed by atoms with Gasteiger partial charge in [-0.3, -0.25) is 4.79 Å². The summed E-state index contributed by atoms with van der Waals surface area (Å²) in [6.45, 7) is 9.47. The van der Waals surface area contributed by atoms with Gasteiger partial charge in [0.2, 0.25) is 0 Å². The number of nitrogens with one attached hydrogen (secondary N) is 1. The van der Waals surface area contributed by atoms with Crippen molar-refractivity contribution in [3.8, 4) is 5.75 Å². The summed E-state index contributed by atoms with van der Waals surface area (Å²) in [5.74, 6) is 0.628. The van der Waals surface area contributed by atoms with Crippen LogP contribution in [0.2, 0.25) is 0 Å². The molecule has 0 heterocycles. The van der Waals surface area contributed by atoms with Crippen molar-refractivity contribution < 1.29 is 14.3 Å². The van der Waals surface area contributed by atoms with Crippen LogP contribution in [0.4, 0.5) is 5.69 Å². The van der Waals surface area contributed by atoms with Gasteiger partial charge in [0.25, 0.3) is 5.91 Å². The van der Waals surface area contributed by atoms with Gasteiger partial charge in [0.15, 0.2) is 0 Å². The third-order valence-corrected chi connectivity index (χ3v) is 3.80. The average Bonchev–Trinajstić information content (AvgIpc) is 2.57. The first-order chi connectivity index (χ1) is 11.6. The lowest BCUT2D eigenvalue weighted by molar-refractivity contribution is 0.102. The predicted octanol–water partition coefficient (Wildman–Crippen LogP) is 4.49. The number of rotatable bonds is 7. The van der Waals surface area contributed by atoms with E-state index in [0.29, 0.717) is 25.4 Å². The van der Waals surface area contributed by atoms with E-state index >= 15 is 0 Å². The summed E-state index contributed by atoms with van der Waals surface area (Å²) >= 11 is 0. The smallest absolute Gasteiger partial charge is 0.255 e. The van der Waals surface area contributed by atoms with Crippen LogP contribution in [-0.2, 0) is 11.3 Å². The standard InChI is InChI=1S/C20H25NO3/c1-5-23-13-17-12-16(10-11-18(17)24-6-2)20(22)21-19-14(3)8-7-9-15(19)4/h7-12H,5-6,13H2,1-4H3,(H,21,22). The number of aryl methyl sites for hydroxylation is 2. The number of anilines is 1. The summed E-state index contributed by atoms with van der Waals surface area (Å²) in [6.07, 6.45) is 0. The van der Waals surface area contributed by atoms with Crippen molar-refractivity contribution in [2.24, 2.45) is 0 Å². The lowest BCUT2D eigenvalue weighted by atomic mass is 10.1. The van der Waals surface area contributed by atoms with E-state index in [-0.39, 0.29) is 5.91 Å². The molecule has 0 spiro atoms. The Morgan fingerprint density at radius 1 is 1.04 bits per heavy atom. The molecule has 0 aliphatic heterocycles. The van der Waals surface area contributed by atoms with Crippen molar-refractivity contribution in [1.82, 2.24) is 0 Å². The fraction of sp³-hybridized carbons (Fsp3) is 0.350. The fourth-order valence-electron chi connectivity index (χ4n) is 2.54. The molecule has 0 unspecified atom stereocenters. The number of para-hydroxylation sites is 1. The van der Waals surface area contributed by atoms with Crippen LogP contribution in [0.3, 0.4) is 0 Å². The van der Waals surface area contributed by atoms with Gasteiger partial charge in [0.1, 0.15) is 5.75 Å². The SMILES string of the molecule is CCOCc1cc(C(=O)Nc2c(C)cccc2C)ccc1OCC. The van der Waals surface area contributed by atoms with Crippen LogP contribution in [0.25, 0.3) is 0 Å². The van der Waals surface area contributed by atoms with Gasteiger partial charge >= 0.3 is 0 Å². The quantitative estimate of drug-likeness (QED) is 0.815. The molecular formula is C20H25NO3. The van der Waals surface area contributed by atoms with Gasteiger partial charge in [0.05, 0.1) is 13.2 Å². The molecule has 2 aromatic rings. The maximum atomic E-state index is 12.6. The Morgan fingerprint density at radius 2 is 1.75 bits per heavy atom. The van der Waals surface area contributed by atoms with Crippen LogP contribution in [-0.4, -0.2) is 19.1 Å². The van der Waals surface area contributed by atoms with Gasteiger partial charge in [0, 0.05) is 23.4 Å². The van der Waals surface area contributed by atoms with Crippen molar-refractivity contribution in [2.45, 2.75) is 34.3 Å². The number of amides is 1. The molecule has 0 radical (unpaired) electrons. The second kappa shape index (κ2) is 8.50. The first kappa shape index (κ1) is 18.0. The van der Waals surface area contributed by atoms with Crippen molar-refractivity contribution in [2.75, 3.05) is 18.5 Å². The highest BCUT2D eigenvalue weighted by atomic mass is 16.5. The first-order valence-electron chi connectivity index (χ1n) is 8.27. The summed E-state index contributed by atoms with van der Waals surface area (Å²) < 4.78 is 11.1.